The first kappa shape index (κ1) is 10.4. The molecule has 0 radical (unpaired) electrons. The van der Waals surface area contributed by atoms with Crippen LogP contribution in [0.15, 0.2) is 18.2 Å². The van der Waals surface area contributed by atoms with Gasteiger partial charge in [0.15, 0.2) is 5.78 Å². The van der Waals surface area contributed by atoms with Crippen molar-refractivity contribution in [1.82, 2.24) is 0 Å². The Morgan fingerprint density at radius 2 is 1.79 bits per heavy atom. The maximum absolute atomic E-state index is 12.9. The lowest BCUT2D eigenvalue weighted by atomic mass is 10.1. The lowest BCUT2D eigenvalue weighted by Gasteiger charge is -2.01. The molecule has 0 atom stereocenters. The molecule has 3 nitrogen and oxygen atoms in total. The van der Waals surface area contributed by atoms with Crippen molar-refractivity contribution in [3.63, 3.8) is 0 Å². The fourth-order valence-corrected chi connectivity index (χ4v) is 1.03. The van der Waals surface area contributed by atoms with Gasteiger partial charge in [-0.1, -0.05) is 0 Å². The number of Topliss-reactive ketones (excluding diaryl/α,β-unsaturated/α-hetero) is 1. The fraction of sp³-hybridized carbons (Fsp3) is 0.200. The van der Waals surface area contributed by atoms with Crippen molar-refractivity contribution >= 4 is 11.8 Å². The number of benzene rings is 1. The minimum atomic E-state index is -0.660. The van der Waals surface area contributed by atoms with Crippen molar-refractivity contribution < 1.29 is 18.7 Å². The first-order valence-corrected chi connectivity index (χ1v) is 3.94. The Bertz CT molecular complexity index is 385. The number of rotatable bonds is 2. The number of halogens is 1. The molecule has 0 N–H and O–H groups in total. The van der Waals surface area contributed by atoms with Gasteiger partial charge in [0.25, 0.3) is 0 Å². The molecule has 0 unspecified atom stereocenters. The lowest BCUT2D eigenvalue weighted by Crippen LogP contribution is -2.04. The third-order valence-corrected chi connectivity index (χ3v) is 1.73. The molecular weight excluding hydrogens is 187 g/mol. The van der Waals surface area contributed by atoms with Crippen LogP contribution >= 0.6 is 0 Å². The summed E-state index contributed by atoms with van der Waals surface area (Å²) in [5, 5.41) is 0. The summed E-state index contributed by atoms with van der Waals surface area (Å²) < 4.78 is 17.3. The van der Waals surface area contributed by atoms with Crippen LogP contribution < -0.4 is 0 Å². The summed E-state index contributed by atoms with van der Waals surface area (Å²) >= 11 is 0. The summed E-state index contributed by atoms with van der Waals surface area (Å²) in [6.07, 6.45) is 0. The average molecular weight is 196 g/mol. The summed E-state index contributed by atoms with van der Waals surface area (Å²) in [4.78, 5) is 22.0. The average Bonchev–Trinajstić information content (AvgIpc) is 2.15. The smallest absolute Gasteiger partial charge is 0.337 e. The highest BCUT2D eigenvalue weighted by atomic mass is 19.1. The Morgan fingerprint density at radius 1 is 1.21 bits per heavy atom. The zero-order valence-electron chi connectivity index (χ0n) is 7.83. The van der Waals surface area contributed by atoms with Crippen LogP contribution in [0.25, 0.3) is 0 Å². The van der Waals surface area contributed by atoms with E-state index in [4.69, 9.17) is 0 Å². The minimum absolute atomic E-state index is 0.0395. The quantitative estimate of drug-likeness (QED) is 0.535. The number of hydrogen-bond acceptors (Lipinski definition) is 3. The molecule has 0 amide bonds. The van der Waals surface area contributed by atoms with Crippen molar-refractivity contribution in [2.75, 3.05) is 7.11 Å². The van der Waals surface area contributed by atoms with Crippen molar-refractivity contribution in [3.05, 3.63) is 35.1 Å². The highest BCUT2D eigenvalue weighted by Gasteiger charge is 2.10. The van der Waals surface area contributed by atoms with Gasteiger partial charge in [0, 0.05) is 5.56 Å². The van der Waals surface area contributed by atoms with Crippen LogP contribution in [-0.2, 0) is 4.74 Å². The van der Waals surface area contributed by atoms with E-state index in [1.165, 1.54) is 20.1 Å². The molecule has 0 aromatic heterocycles. The van der Waals surface area contributed by atoms with E-state index in [0.29, 0.717) is 0 Å². The van der Waals surface area contributed by atoms with E-state index >= 15 is 0 Å². The minimum Gasteiger partial charge on any atom is -0.465 e. The van der Waals surface area contributed by atoms with Gasteiger partial charge < -0.3 is 4.74 Å². The van der Waals surface area contributed by atoms with Crippen LogP contribution in [0.5, 0.6) is 0 Å². The third kappa shape index (κ3) is 2.16. The second-order valence-electron chi connectivity index (χ2n) is 2.78. The zero-order chi connectivity index (χ0) is 10.7. The first-order valence-electron chi connectivity index (χ1n) is 3.94. The molecule has 0 aliphatic rings. The molecule has 0 fully saturated rings. The second kappa shape index (κ2) is 4.00. The predicted molar refractivity (Wildman–Crippen MR) is 47.7 cm³/mol. The Balaban J connectivity index is 3.20. The molecule has 0 saturated heterocycles. The molecule has 4 heteroatoms. The maximum atomic E-state index is 12.9. The van der Waals surface area contributed by atoms with Gasteiger partial charge in [0.05, 0.1) is 12.7 Å². The zero-order valence-corrected chi connectivity index (χ0v) is 7.83. The molecule has 0 aliphatic carbocycles. The fourth-order valence-electron chi connectivity index (χ4n) is 1.03. The molecule has 1 rings (SSSR count). The van der Waals surface area contributed by atoms with Crippen LogP contribution in [0, 0.1) is 5.82 Å². The monoisotopic (exact) mass is 196 g/mol. The second-order valence-corrected chi connectivity index (χ2v) is 2.78. The van der Waals surface area contributed by atoms with E-state index in [1.54, 1.807) is 0 Å². The predicted octanol–water partition coefficient (Wildman–Crippen LogP) is 1.81. The van der Waals surface area contributed by atoms with E-state index in [0.717, 1.165) is 12.1 Å². The number of methoxy groups -OCH3 is 1. The van der Waals surface area contributed by atoms with Crippen molar-refractivity contribution in [2.45, 2.75) is 6.92 Å². The van der Waals surface area contributed by atoms with Gasteiger partial charge >= 0.3 is 5.97 Å². The summed E-state index contributed by atoms with van der Waals surface area (Å²) in [5.41, 5.74) is 0.197. The van der Waals surface area contributed by atoms with Gasteiger partial charge in [-0.3, -0.25) is 4.79 Å². The van der Waals surface area contributed by atoms with Crippen LogP contribution in [0.3, 0.4) is 0 Å². The van der Waals surface area contributed by atoms with E-state index in [9.17, 15) is 14.0 Å². The van der Waals surface area contributed by atoms with Gasteiger partial charge in [-0.05, 0) is 25.1 Å². The summed E-state index contributed by atoms with van der Waals surface area (Å²) in [6, 6.07) is 3.41. The molecular formula is C10H9FO3. The number of ether oxygens (including phenoxy) is 1. The topological polar surface area (TPSA) is 43.4 Å². The molecule has 1 aromatic carbocycles. The van der Waals surface area contributed by atoms with E-state index in [2.05, 4.69) is 4.74 Å². The lowest BCUT2D eigenvalue weighted by molar-refractivity contribution is 0.0600. The molecule has 14 heavy (non-hydrogen) atoms. The first-order chi connectivity index (χ1) is 6.54. The largest absolute Gasteiger partial charge is 0.465 e. The molecule has 0 heterocycles. The van der Waals surface area contributed by atoms with Gasteiger partial charge in [-0.2, -0.15) is 0 Å². The van der Waals surface area contributed by atoms with Crippen molar-refractivity contribution in [2.24, 2.45) is 0 Å². The summed E-state index contributed by atoms with van der Waals surface area (Å²) in [7, 11) is 1.20. The SMILES string of the molecule is COC(=O)c1cc(F)cc(C(C)=O)c1. The molecule has 0 aliphatic heterocycles. The van der Waals surface area contributed by atoms with Gasteiger partial charge in [0.2, 0.25) is 0 Å². The number of carbonyl (C=O) groups excluding carboxylic acids is 2. The van der Waals surface area contributed by atoms with E-state index in [-0.39, 0.29) is 16.9 Å². The molecule has 0 bridgehead atoms. The van der Waals surface area contributed by atoms with E-state index in [1.807, 2.05) is 0 Å². The molecule has 74 valence electrons. The summed E-state index contributed by atoms with van der Waals surface area (Å²) in [6.45, 7) is 1.30. The normalized spacial score (nSPS) is 9.64. The van der Waals surface area contributed by atoms with Crippen molar-refractivity contribution in [1.29, 1.82) is 0 Å². The van der Waals surface area contributed by atoms with Crippen LogP contribution in [-0.4, -0.2) is 18.9 Å². The number of carbonyl (C=O) groups is 2. The Morgan fingerprint density at radius 3 is 2.29 bits per heavy atom. The summed E-state index contributed by atoms with van der Waals surface area (Å²) in [5.74, 6) is -1.58. The van der Waals surface area contributed by atoms with Gasteiger partial charge in [0.1, 0.15) is 5.82 Å². The van der Waals surface area contributed by atoms with Crippen LogP contribution in [0.2, 0.25) is 0 Å². The number of hydrogen-bond donors (Lipinski definition) is 0. The van der Waals surface area contributed by atoms with Crippen molar-refractivity contribution in [3.8, 4) is 0 Å². The Hall–Kier alpha value is -1.71. The van der Waals surface area contributed by atoms with Crippen LogP contribution in [0.4, 0.5) is 4.39 Å². The number of esters is 1. The Labute approximate surface area is 80.5 Å². The standard InChI is InChI=1S/C10H9FO3/c1-6(12)7-3-8(10(13)14-2)5-9(11)4-7/h3-5H,1-2H3. The highest BCUT2D eigenvalue weighted by molar-refractivity contribution is 5.97. The highest BCUT2D eigenvalue weighted by Crippen LogP contribution is 2.10. The number of ketones is 1. The van der Waals surface area contributed by atoms with Gasteiger partial charge in [-0.25, -0.2) is 9.18 Å². The van der Waals surface area contributed by atoms with Crippen LogP contribution in [0.1, 0.15) is 27.6 Å². The third-order valence-electron chi connectivity index (χ3n) is 1.73. The van der Waals surface area contributed by atoms with E-state index < -0.39 is 11.8 Å². The molecule has 0 saturated carbocycles. The molecule has 1 aromatic rings. The molecule has 0 spiro atoms. The van der Waals surface area contributed by atoms with Gasteiger partial charge in [-0.15, -0.1) is 0 Å². The maximum Gasteiger partial charge on any atom is 0.337 e. The Kier molecular flexibility index (Phi) is 2.96.